The van der Waals surface area contributed by atoms with Gasteiger partial charge in [-0.2, -0.15) is 0 Å². The molecule has 0 amide bonds. The van der Waals surface area contributed by atoms with E-state index in [-0.39, 0.29) is 11.8 Å². The largest absolute Gasteiger partial charge is 0.506 e. The SMILES string of the molecule is NCC[C@H](N)c1c(Br)cc(Br)c(O)c1Br. The summed E-state index contributed by atoms with van der Waals surface area (Å²) in [5.74, 6) is 0.153. The van der Waals surface area contributed by atoms with Crippen LogP contribution in [0.5, 0.6) is 5.75 Å². The molecule has 0 bridgehead atoms. The van der Waals surface area contributed by atoms with Crippen molar-refractivity contribution in [3.63, 3.8) is 0 Å². The minimum absolute atomic E-state index is 0.153. The second-order valence-electron chi connectivity index (χ2n) is 3.10. The predicted molar refractivity (Wildman–Crippen MR) is 71.8 cm³/mol. The summed E-state index contributed by atoms with van der Waals surface area (Å²) in [5, 5.41) is 9.73. The van der Waals surface area contributed by atoms with Gasteiger partial charge < -0.3 is 16.6 Å². The molecule has 0 aliphatic rings. The number of nitrogens with two attached hydrogens (primary N) is 2. The number of halogens is 3. The van der Waals surface area contributed by atoms with E-state index in [0.717, 1.165) is 10.0 Å². The standard InChI is InChI=1S/C9H11Br3N2O/c10-4-3-5(11)9(15)8(12)7(4)6(14)1-2-13/h3,6,15H,1-2,13-14H2/t6-/m0/s1. The van der Waals surface area contributed by atoms with Crippen LogP contribution in [0.2, 0.25) is 0 Å². The Kier molecular flexibility index (Phi) is 5.05. The Morgan fingerprint density at radius 3 is 2.40 bits per heavy atom. The van der Waals surface area contributed by atoms with Crippen molar-refractivity contribution in [1.82, 2.24) is 0 Å². The second kappa shape index (κ2) is 5.63. The summed E-state index contributed by atoms with van der Waals surface area (Å²) in [6.07, 6.45) is 0.665. The van der Waals surface area contributed by atoms with E-state index in [1.807, 2.05) is 0 Å². The average molecular weight is 403 g/mol. The van der Waals surface area contributed by atoms with Gasteiger partial charge in [-0.05, 0) is 50.9 Å². The van der Waals surface area contributed by atoms with Crippen molar-refractivity contribution in [3.05, 3.63) is 25.0 Å². The maximum atomic E-state index is 9.73. The third kappa shape index (κ3) is 2.94. The summed E-state index contributed by atoms with van der Waals surface area (Å²) < 4.78 is 2.06. The lowest BCUT2D eigenvalue weighted by atomic mass is 10.0. The van der Waals surface area contributed by atoms with Gasteiger partial charge in [0.1, 0.15) is 5.75 Å². The molecule has 0 aliphatic carbocycles. The van der Waals surface area contributed by atoms with Gasteiger partial charge in [0.15, 0.2) is 0 Å². The zero-order valence-corrected chi connectivity index (χ0v) is 12.6. The molecule has 0 radical (unpaired) electrons. The quantitative estimate of drug-likeness (QED) is 0.727. The van der Waals surface area contributed by atoms with Gasteiger partial charge in [0, 0.05) is 16.1 Å². The van der Waals surface area contributed by atoms with Gasteiger partial charge in [0.25, 0.3) is 0 Å². The Morgan fingerprint density at radius 2 is 1.87 bits per heavy atom. The summed E-state index contributed by atoms with van der Waals surface area (Å²) in [6, 6.07) is 1.57. The van der Waals surface area contributed by atoms with Crippen LogP contribution in [0.1, 0.15) is 18.0 Å². The van der Waals surface area contributed by atoms with E-state index in [4.69, 9.17) is 11.5 Å². The first-order valence-electron chi connectivity index (χ1n) is 4.31. The van der Waals surface area contributed by atoms with Gasteiger partial charge in [-0.1, -0.05) is 15.9 Å². The highest BCUT2D eigenvalue weighted by Gasteiger charge is 2.18. The molecule has 0 saturated carbocycles. The van der Waals surface area contributed by atoms with Crippen molar-refractivity contribution < 1.29 is 5.11 Å². The van der Waals surface area contributed by atoms with Gasteiger partial charge in [-0.25, -0.2) is 0 Å². The number of hydrogen-bond acceptors (Lipinski definition) is 3. The fourth-order valence-electron chi connectivity index (χ4n) is 1.26. The minimum atomic E-state index is -0.197. The first-order chi connectivity index (χ1) is 6.99. The summed E-state index contributed by atoms with van der Waals surface area (Å²) in [5.41, 5.74) is 12.2. The molecule has 1 rings (SSSR count). The molecule has 0 aliphatic heterocycles. The third-order valence-corrected chi connectivity index (χ3v) is 4.09. The summed E-state index contributed by atoms with van der Waals surface area (Å²) in [6.45, 7) is 0.511. The highest BCUT2D eigenvalue weighted by atomic mass is 79.9. The van der Waals surface area contributed by atoms with Crippen LogP contribution in [0.3, 0.4) is 0 Å². The van der Waals surface area contributed by atoms with E-state index in [0.29, 0.717) is 21.9 Å². The molecule has 1 atom stereocenters. The van der Waals surface area contributed by atoms with Crippen molar-refractivity contribution >= 4 is 47.8 Å². The molecule has 3 nitrogen and oxygen atoms in total. The lowest BCUT2D eigenvalue weighted by Crippen LogP contribution is -2.16. The topological polar surface area (TPSA) is 72.3 Å². The Hall–Kier alpha value is 0.380. The maximum absolute atomic E-state index is 9.73. The van der Waals surface area contributed by atoms with Gasteiger partial charge >= 0.3 is 0 Å². The zero-order valence-electron chi connectivity index (χ0n) is 7.80. The maximum Gasteiger partial charge on any atom is 0.144 e. The van der Waals surface area contributed by atoms with E-state index in [2.05, 4.69) is 47.8 Å². The molecule has 0 fully saturated rings. The highest BCUT2D eigenvalue weighted by Crippen LogP contribution is 2.41. The first-order valence-corrected chi connectivity index (χ1v) is 6.69. The molecular weight excluding hydrogens is 392 g/mol. The second-order valence-corrected chi connectivity index (χ2v) is 5.60. The average Bonchev–Trinajstić information content (AvgIpc) is 2.15. The van der Waals surface area contributed by atoms with Gasteiger partial charge in [0.2, 0.25) is 0 Å². The summed E-state index contributed by atoms with van der Waals surface area (Å²) in [7, 11) is 0. The van der Waals surface area contributed by atoms with Crippen LogP contribution in [0.4, 0.5) is 0 Å². The molecule has 1 aromatic carbocycles. The minimum Gasteiger partial charge on any atom is -0.506 e. The molecule has 5 N–H and O–H groups in total. The predicted octanol–water partition coefficient (Wildman–Crippen LogP) is 3.03. The monoisotopic (exact) mass is 400 g/mol. The summed E-state index contributed by atoms with van der Waals surface area (Å²) in [4.78, 5) is 0. The number of phenols is 1. The Labute approximate surface area is 114 Å². The van der Waals surface area contributed by atoms with Crippen LogP contribution < -0.4 is 11.5 Å². The molecule has 84 valence electrons. The molecular formula is C9H11Br3N2O. The van der Waals surface area contributed by atoms with Gasteiger partial charge in [0.05, 0.1) is 8.95 Å². The normalized spacial score (nSPS) is 12.9. The van der Waals surface area contributed by atoms with Crippen molar-refractivity contribution in [1.29, 1.82) is 0 Å². The van der Waals surface area contributed by atoms with E-state index >= 15 is 0 Å². The Morgan fingerprint density at radius 1 is 1.27 bits per heavy atom. The van der Waals surface area contributed by atoms with Crippen LogP contribution in [-0.4, -0.2) is 11.7 Å². The molecule has 6 heteroatoms. The van der Waals surface area contributed by atoms with E-state index < -0.39 is 0 Å². The molecule has 15 heavy (non-hydrogen) atoms. The Balaban J connectivity index is 3.23. The van der Waals surface area contributed by atoms with Gasteiger partial charge in [-0.3, -0.25) is 0 Å². The van der Waals surface area contributed by atoms with E-state index in [1.165, 1.54) is 0 Å². The number of benzene rings is 1. The fraction of sp³-hybridized carbons (Fsp3) is 0.333. The van der Waals surface area contributed by atoms with Crippen molar-refractivity contribution in [2.75, 3.05) is 6.54 Å². The van der Waals surface area contributed by atoms with Crippen LogP contribution in [0.25, 0.3) is 0 Å². The molecule has 0 heterocycles. The van der Waals surface area contributed by atoms with E-state index in [1.54, 1.807) is 6.07 Å². The molecule has 0 saturated heterocycles. The summed E-state index contributed by atoms with van der Waals surface area (Å²) >= 11 is 9.98. The van der Waals surface area contributed by atoms with Crippen molar-refractivity contribution in [2.45, 2.75) is 12.5 Å². The van der Waals surface area contributed by atoms with Crippen molar-refractivity contribution in [3.8, 4) is 5.75 Å². The zero-order chi connectivity index (χ0) is 11.6. The van der Waals surface area contributed by atoms with Crippen LogP contribution in [0, 0.1) is 0 Å². The third-order valence-electron chi connectivity index (χ3n) is 2.03. The number of rotatable bonds is 3. The Bertz CT molecular complexity index is 371. The molecule has 1 aromatic rings. The van der Waals surface area contributed by atoms with Crippen molar-refractivity contribution in [2.24, 2.45) is 11.5 Å². The fourth-order valence-corrected chi connectivity index (χ4v) is 3.97. The lowest BCUT2D eigenvalue weighted by molar-refractivity contribution is 0.465. The van der Waals surface area contributed by atoms with Crippen LogP contribution >= 0.6 is 47.8 Å². The van der Waals surface area contributed by atoms with Crippen LogP contribution in [-0.2, 0) is 0 Å². The number of aromatic hydroxyl groups is 1. The van der Waals surface area contributed by atoms with Gasteiger partial charge in [-0.15, -0.1) is 0 Å². The molecule has 0 unspecified atom stereocenters. The molecule has 0 aromatic heterocycles. The van der Waals surface area contributed by atoms with Crippen LogP contribution in [0.15, 0.2) is 19.5 Å². The highest BCUT2D eigenvalue weighted by molar-refractivity contribution is 9.11. The lowest BCUT2D eigenvalue weighted by Gasteiger charge is -2.16. The molecule has 0 spiro atoms. The van der Waals surface area contributed by atoms with E-state index in [9.17, 15) is 5.11 Å². The smallest absolute Gasteiger partial charge is 0.144 e. The first kappa shape index (κ1) is 13.4. The number of hydrogen-bond donors (Lipinski definition) is 3. The number of phenolic OH excluding ortho intramolecular Hbond substituents is 1.